The Morgan fingerprint density at radius 2 is 1.76 bits per heavy atom. The monoisotopic (exact) mass is 452 g/mol. The maximum absolute atomic E-state index is 12.0. The highest BCUT2D eigenvalue weighted by Gasteiger charge is 2.31. The minimum Gasteiger partial charge on any atom is -0.481 e. The predicted molar refractivity (Wildman–Crippen MR) is 134 cm³/mol. The number of aliphatic carboxylic acids is 1. The summed E-state index contributed by atoms with van der Waals surface area (Å²) in [5.74, 6) is 0.467. The minimum atomic E-state index is -0.827. The van der Waals surface area contributed by atoms with Gasteiger partial charge in [-0.2, -0.15) is 0 Å². The highest BCUT2D eigenvalue weighted by molar-refractivity contribution is 6.08. The lowest BCUT2D eigenvalue weighted by molar-refractivity contribution is -0.136. The van der Waals surface area contributed by atoms with Gasteiger partial charge in [0, 0.05) is 36.6 Å². The number of carboxylic acids is 1. The molecule has 0 spiro atoms. The van der Waals surface area contributed by atoms with E-state index in [1.165, 1.54) is 29.7 Å². The van der Waals surface area contributed by atoms with Gasteiger partial charge in [0.2, 0.25) is 5.95 Å². The lowest BCUT2D eigenvalue weighted by Crippen LogP contribution is -2.30. The van der Waals surface area contributed by atoms with Crippen LogP contribution in [0.4, 0.5) is 11.6 Å². The summed E-state index contributed by atoms with van der Waals surface area (Å²) in [5.41, 5.74) is 9.66. The average molecular weight is 453 g/mol. The number of anilines is 2. The average Bonchev–Trinajstić information content (AvgIpc) is 3.62. The van der Waals surface area contributed by atoms with Crippen molar-refractivity contribution in [1.29, 1.82) is 0 Å². The molecule has 2 aliphatic rings. The number of rotatable bonds is 5. The van der Waals surface area contributed by atoms with Crippen LogP contribution < -0.4 is 4.90 Å². The fourth-order valence-corrected chi connectivity index (χ4v) is 5.44. The Morgan fingerprint density at radius 3 is 2.41 bits per heavy atom. The van der Waals surface area contributed by atoms with Crippen LogP contribution in [0.2, 0.25) is 0 Å². The number of carboxylic acid groups (broad SMARTS) is 1. The molecule has 6 rings (SSSR count). The van der Waals surface area contributed by atoms with Crippen molar-refractivity contribution in [2.24, 2.45) is 0 Å². The summed E-state index contributed by atoms with van der Waals surface area (Å²) in [4.78, 5) is 23.7. The highest BCUT2D eigenvalue weighted by Crippen LogP contribution is 2.46. The van der Waals surface area contributed by atoms with Crippen LogP contribution in [0.5, 0.6) is 0 Å². The topological polar surface area (TPSA) is 71.2 Å². The van der Waals surface area contributed by atoms with Gasteiger partial charge in [-0.25, -0.2) is 9.97 Å². The first kappa shape index (κ1) is 20.9. The summed E-state index contributed by atoms with van der Waals surface area (Å²) in [6.07, 6.45) is 6.34. The molecule has 0 amide bonds. The predicted octanol–water partition coefficient (Wildman–Crippen LogP) is 5.68. The Hall–Kier alpha value is -3.67. The molecule has 0 atom stereocenters. The molecule has 1 N–H and O–H groups in total. The zero-order valence-corrected chi connectivity index (χ0v) is 19.8. The van der Waals surface area contributed by atoms with Gasteiger partial charge in [-0.3, -0.25) is 4.79 Å². The van der Waals surface area contributed by atoms with E-state index < -0.39 is 5.97 Å². The maximum atomic E-state index is 12.0. The molecule has 3 heterocycles. The second-order valence-corrected chi connectivity index (χ2v) is 9.71. The van der Waals surface area contributed by atoms with Gasteiger partial charge in [-0.1, -0.05) is 29.8 Å². The second kappa shape index (κ2) is 7.69. The summed E-state index contributed by atoms with van der Waals surface area (Å²) >= 11 is 0. The first-order valence-corrected chi connectivity index (χ1v) is 12.0. The lowest BCUT2D eigenvalue weighted by atomic mass is 9.88. The first-order chi connectivity index (χ1) is 16.4. The van der Waals surface area contributed by atoms with Crippen LogP contribution in [-0.4, -0.2) is 32.2 Å². The summed E-state index contributed by atoms with van der Waals surface area (Å²) in [7, 11) is 0. The van der Waals surface area contributed by atoms with Crippen molar-refractivity contribution in [2.75, 3.05) is 11.4 Å². The van der Waals surface area contributed by atoms with E-state index in [-0.39, 0.29) is 6.42 Å². The van der Waals surface area contributed by atoms with Crippen molar-refractivity contribution < 1.29 is 9.90 Å². The number of hydrogen-bond donors (Lipinski definition) is 1. The van der Waals surface area contributed by atoms with E-state index in [4.69, 9.17) is 9.97 Å². The Morgan fingerprint density at radius 1 is 1.06 bits per heavy atom. The van der Waals surface area contributed by atoms with Crippen LogP contribution in [0.25, 0.3) is 22.0 Å². The van der Waals surface area contributed by atoms with Crippen molar-refractivity contribution in [2.45, 2.75) is 52.5 Å². The van der Waals surface area contributed by atoms with Gasteiger partial charge in [0.1, 0.15) is 0 Å². The van der Waals surface area contributed by atoms with Crippen LogP contribution in [0, 0.1) is 20.8 Å². The van der Waals surface area contributed by atoms with Crippen molar-refractivity contribution in [3.63, 3.8) is 0 Å². The number of benzene rings is 2. The molecule has 172 valence electrons. The molecule has 34 heavy (non-hydrogen) atoms. The normalized spacial score (nSPS) is 15.2. The van der Waals surface area contributed by atoms with Crippen LogP contribution in [0.1, 0.15) is 46.7 Å². The van der Waals surface area contributed by atoms with Gasteiger partial charge < -0.3 is 14.6 Å². The van der Waals surface area contributed by atoms with E-state index in [9.17, 15) is 9.90 Å². The van der Waals surface area contributed by atoms with Gasteiger partial charge in [-0.05, 0) is 73.4 Å². The van der Waals surface area contributed by atoms with E-state index in [1.54, 1.807) is 0 Å². The molecule has 1 saturated carbocycles. The molecule has 2 aromatic carbocycles. The lowest BCUT2D eigenvalue weighted by Gasteiger charge is -2.33. The maximum Gasteiger partial charge on any atom is 0.307 e. The van der Waals surface area contributed by atoms with E-state index in [1.807, 2.05) is 19.3 Å². The number of nitrogens with zero attached hydrogens (tertiary/aromatic N) is 4. The van der Waals surface area contributed by atoms with Crippen molar-refractivity contribution in [3.8, 4) is 11.1 Å². The number of aromatic nitrogens is 3. The van der Waals surface area contributed by atoms with Crippen molar-refractivity contribution in [3.05, 3.63) is 70.7 Å². The number of aryl methyl sites for hydroxylation is 2. The van der Waals surface area contributed by atoms with Gasteiger partial charge in [0.25, 0.3) is 0 Å². The molecule has 0 saturated heterocycles. The van der Waals surface area contributed by atoms with Gasteiger partial charge in [-0.15, -0.1) is 0 Å². The third-order valence-corrected chi connectivity index (χ3v) is 7.34. The van der Waals surface area contributed by atoms with Crippen molar-refractivity contribution in [1.82, 2.24) is 14.5 Å². The molecule has 4 aromatic rings. The van der Waals surface area contributed by atoms with Crippen LogP contribution >= 0.6 is 0 Å². The molecule has 2 aromatic heterocycles. The van der Waals surface area contributed by atoms with Gasteiger partial charge in [0.05, 0.1) is 17.6 Å². The Kier molecular flexibility index (Phi) is 4.73. The number of hydrogen-bond acceptors (Lipinski definition) is 4. The highest BCUT2D eigenvalue weighted by atomic mass is 16.4. The molecule has 1 fully saturated rings. The Labute approximate surface area is 198 Å². The summed E-state index contributed by atoms with van der Waals surface area (Å²) in [6.45, 7) is 7.83. The fraction of sp³-hybridized carbons (Fsp3) is 0.321. The first-order valence-electron chi connectivity index (χ1n) is 12.0. The molecular weight excluding hydrogens is 424 g/mol. The zero-order chi connectivity index (χ0) is 23.6. The standard InChI is InChI=1S/C28H28N4O2/c1-16-4-6-20(7-5-16)25-22(13-24(33)34)18(3)26-27-23(25)12-17(2)31(27)10-11-32(26)28-29-14-21(15-30-28)19-8-9-19/h4-7,12,14-15,19H,8-11,13H2,1-3H3,(H,33,34). The molecule has 6 heteroatoms. The third-order valence-electron chi connectivity index (χ3n) is 7.34. The quantitative estimate of drug-likeness (QED) is 0.422. The summed E-state index contributed by atoms with van der Waals surface area (Å²) in [6, 6.07) is 10.6. The Balaban J connectivity index is 1.61. The molecule has 0 bridgehead atoms. The SMILES string of the molecule is Cc1ccc(-c2c(CC(=O)O)c(C)c3c4c2cc(C)n4CCN3c2ncc(C3CC3)cn2)cc1. The molecule has 1 aliphatic heterocycles. The zero-order valence-electron chi connectivity index (χ0n) is 19.8. The molecular formula is C28H28N4O2. The summed E-state index contributed by atoms with van der Waals surface area (Å²) in [5, 5.41) is 10.9. The molecule has 6 nitrogen and oxygen atoms in total. The van der Waals surface area contributed by atoms with E-state index >= 15 is 0 Å². The third kappa shape index (κ3) is 3.28. The van der Waals surface area contributed by atoms with Crippen LogP contribution in [0.3, 0.4) is 0 Å². The fourth-order valence-electron chi connectivity index (χ4n) is 5.44. The largest absolute Gasteiger partial charge is 0.481 e. The minimum absolute atomic E-state index is 0.0302. The molecule has 1 aliphatic carbocycles. The van der Waals surface area contributed by atoms with Gasteiger partial charge in [0.15, 0.2) is 0 Å². The van der Waals surface area contributed by atoms with Crippen LogP contribution in [-0.2, 0) is 17.8 Å². The van der Waals surface area contributed by atoms with E-state index in [0.717, 1.165) is 51.9 Å². The van der Waals surface area contributed by atoms with E-state index in [0.29, 0.717) is 11.9 Å². The summed E-state index contributed by atoms with van der Waals surface area (Å²) < 4.78 is 2.36. The Bertz CT molecular complexity index is 1430. The van der Waals surface area contributed by atoms with Crippen molar-refractivity contribution >= 4 is 28.5 Å². The second-order valence-electron chi connectivity index (χ2n) is 9.71. The molecule has 0 radical (unpaired) electrons. The van der Waals surface area contributed by atoms with Gasteiger partial charge >= 0.3 is 5.97 Å². The molecule has 0 unspecified atom stereocenters. The van der Waals surface area contributed by atoms with Crippen LogP contribution in [0.15, 0.2) is 42.7 Å². The smallest absolute Gasteiger partial charge is 0.307 e. The van der Waals surface area contributed by atoms with E-state index in [2.05, 4.69) is 53.6 Å². The number of carbonyl (C=O) groups is 1.